The van der Waals surface area contributed by atoms with E-state index < -0.39 is 14.8 Å². The lowest BCUT2D eigenvalue weighted by Crippen LogP contribution is -2.25. The van der Waals surface area contributed by atoms with Gasteiger partial charge in [-0.25, -0.2) is 8.42 Å². The molecule has 2 rings (SSSR count). The number of hydrogen-bond donors (Lipinski definition) is 0. The van der Waals surface area contributed by atoms with E-state index in [2.05, 4.69) is 5.10 Å². The molecule has 1 saturated heterocycles. The average molecular weight is 245 g/mol. The van der Waals surface area contributed by atoms with Crippen molar-refractivity contribution in [2.24, 2.45) is 0 Å². The molecule has 1 aromatic heterocycles. The number of hydrogen-bond acceptors (Lipinski definition) is 5. The minimum Gasteiger partial charge on any atom is -0.262 e. The van der Waals surface area contributed by atoms with Gasteiger partial charge in [0.2, 0.25) is 0 Å². The minimum atomic E-state index is -2.91. The molecular formula is C8H11N3O4S. The molecule has 88 valence electrons. The molecule has 0 aliphatic carbocycles. The molecule has 0 atom stereocenters. The number of aromatic nitrogens is 2. The van der Waals surface area contributed by atoms with E-state index in [1.165, 1.54) is 17.1 Å². The summed E-state index contributed by atoms with van der Waals surface area (Å²) in [6, 6.07) is -0.0442. The van der Waals surface area contributed by atoms with Crippen LogP contribution >= 0.6 is 0 Å². The third-order valence-corrected chi connectivity index (χ3v) is 4.41. The topological polar surface area (TPSA) is 95.1 Å². The summed E-state index contributed by atoms with van der Waals surface area (Å²) in [5.41, 5.74) is -0.0616. The van der Waals surface area contributed by atoms with Crippen LogP contribution in [0.1, 0.15) is 18.9 Å². The van der Waals surface area contributed by atoms with Gasteiger partial charge in [0.25, 0.3) is 0 Å². The van der Waals surface area contributed by atoms with Gasteiger partial charge in [0.15, 0.2) is 0 Å². The van der Waals surface area contributed by atoms with Gasteiger partial charge in [-0.3, -0.25) is 14.8 Å². The Bertz CT molecular complexity index is 493. The van der Waals surface area contributed by atoms with Crippen molar-refractivity contribution in [1.82, 2.24) is 9.78 Å². The lowest BCUT2D eigenvalue weighted by molar-refractivity contribution is -0.385. The van der Waals surface area contributed by atoms with Crippen molar-refractivity contribution in [3.05, 3.63) is 22.5 Å². The fourth-order valence-corrected chi connectivity index (χ4v) is 3.23. The number of nitro groups is 1. The van der Waals surface area contributed by atoms with Gasteiger partial charge in [-0.15, -0.1) is 0 Å². The molecule has 1 fully saturated rings. The van der Waals surface area contributed by atoms with Crippen LogP contribution in [0.2, 0.25) is 0 Å². The second kappa shape index (κ2) is 3.85. The van der Waals surface area contributed by atoms with Crippen LogP contribution in [0.5, 0.6) is 0 Å². The summed E-state index contributed by atoms with van der Waals surface area (Å²) in [4.78, 5) is 9.95. The fraction of sp³-hybridized carbons (Fsp3) is 0.625. The summed E-state index contributed by atoms with van der Waals surface area (Å²) in [6.45, 7) is 0. The maximum atomic E-state index is 11.2. The predicted octanol–water partition coefficient (Wildman–Crippen LogP) is 0.541. The molecule has 8 heteroatoms. The highest BCUT2D eigenvalue weighted by Crippen LogP contribution is 2.24. The highest BCUT2D eigenvalue weighted by Gasteiger charge is 2.26. The van der Waals surface area contributed by atoms with E-state index >= 15 is 0 Å². The first kappa shape index (κ1) is 11.1. The van der Waals surface area contributed by atoms with Crippen molar-refractivity contribution < 1.29 is 13.3 Å². The van der Waals surface area contributed by atoms with Gasteiger partial charge in [-0.2, -0.15) is 5.10 Å². The normalized spacial score (nSPS) is 20.8. The summed E-state index contributed by atoms with van der Waals surface area (Å²) in [5, 5.41) is 14.3. The van der Waals surface area contributed by atoms with Crippen LogP contribution in [0.3, 0.4) is 0 Å². The first-order valence-corrected chi connectivity index (χ1v) is 6.69. The van der Waals surface area contributed by atoms with Gasteiger partial charge in [-0.05, 0) is 12.8 Å². The molecular weight excluding hydrogens is 234 g/mol. The first-order chi connectivity index (χ1) is 7.48. The maximum Gasteiger partial charge on any atom is 0.307 e. The van der Waals surface area contributed by atoms with Crippen LogP contribution in [0.25, 0.3) is 0 Å². The third kappa shape index (κ3) is 2.21. The summed E-state index contributed by atoms with van der Waals surface area (Å²) in [5.74, 6) is 0.261. The van der Waals surface area contributed by atoms with Gasteiger partial charge in [0.05, 0.1) is 22.5 Å². The smallest absolute Gasteiger partial charge is 0.262 e. The van der Waals surface area contributed by atoms with Crippen LogP contribution in [-0.4, -0.2) is 34.6 Å². The van der Waals surface area contributed by atoms with Crippen LogP contribution in [0, 0.1) is 10.1 Å². The van der Waals surface area contributed by atoms with E-state index in [4.69, 9.17) is 0 Å². The average Bonchev–Trinajstić information content (AvgIpc) is 2.66. The Balaban J connectivity index is 2.11. The van der Waals surface area contributed by atoms with Gasteiger partial charge in [0, 0.05) is 0 Å². The van der Waals surface area contributed by atoms with Crippen molar-refractivity contribution in [2.45, 2.75) is 18.9 Å². The zero-order chi connectivity index (χ0) is 11.8. The summed E-state index contributed by atoms with van der Waals surface area (Å²) in [7, 11) is -2.91. The molecule has 0 N–H and O–H groups in total. The largest absolute Gasteiger partial charge is 0.307 e. The number of nitrogens with zero attached hydrogens (tertiary/aromatic N) is 3. The van der Waals surface area contributed by atoms with Crippen molar-refractivity contribution in [2.75, 3.05) is 11.5 Å². The molecule has 0 aromatic carbocycles. The van der Waals surface area contributed by atoms with Crippen molar-refractivity contribution in [3.8, 4) is 0 Å². The minimum absolute atomic E-state index is 0.0442. The molecule has 0 saturated carbocycles. The first-order valence-electron chi connectivity index (χ1n) is 4.87. The van der Waals surface area contributed by atoms with Gasteiger partial charge in [0.1, 0.15) is 22.2 Å². The van der Waals surface area contributed by atoms with Gasteiger partial charge in [-0.1, -0.05) is 0 Å². The summed E-state index contributed by atoms with van der Waals surface area (Å²) >= 11 is 0. The van der Waals surface area contributed by atoms with E-state index in [0.29, 0.717) is 12.8 Å². The summed E-state index contributed by atoms with van der Waals surface area (Å²) < 4.78 is 23.9. The van der Waals surface area contributed by atoms with Crippen LogP contribution < -0.4 is 0 Å². The molecule has 0 spiro atoms. The van der Waals surface area contributed by atoms with Crippen LogP contribution in [-0.2, 0) is 9.84 Å². The Morgan fingerprint density at radius 3 is 2.56 bits per heavy atom. The van der Waals surface area contributed by atoms with Gasteiger partial charge >= 0.3 is 5.69 Å². The third-order valence-electron chi connectivity index (χ3n) is 2.70. The monoisotopic (exact) mass is 245 g/mol. The van der Waals surface area contributed by atoms with Crippen LogP contribution in [0.15, 0.2) is 12.4 Å². The Morgan fingerprint density at radius 1 is 1.44 bits per heavy atom. The fourth-order valence-electron chi connectivity index (χ4n) is 1.76. The Hall–Kier alpha value is -1.44. The van der Waals surface area contributed by atoms with E-state index in [9.17, 15) is 18.5 Å². The quantitative estimate of drug-likeness (QED) is 0.559. The molecule has 16 heavy (non-hydrogen) atoms. The zero-order valence-electron chi connectivity index (χ0n) is 8.44. The second-order valence-corrected chi connectivity index (χ2v) is 6.12. The van der Waals surface area contributed by atoms with Crippen LogP contribution in [0.4, 0.5) is 5.69 Å². The van der Waals surface area contributed by atoms with E-state index in [0.717, 1.165) is 0 Å². The van der Waals surface area contributed by atoms with E-state index in [1.807, 2.05) is 0 Å². The van der Waals surface area contributed by atoms with E-state index in [-0.39, 0.29) is 23.2 Å². The van der Waals surface area contributed by atoms with E-state index in [1.54, 1.807) is 0 Å². The second-order valence-electron chi connectivity index (χ2n) is 3.82. The molecule has 1 aliphatic rings. The molecule has 0 radical (unpaired) electrons. The Labute approximate surface area is 92.1 Å². The highest BCUT2D eigenvalue weighted by molar-refractivity contribution is 7.91. The molecule has 0 amide bonds. The standard InChI is InChI=1S/C8H11N3O4S/c12-11(13)8-5-9-10(6-8)7-1-3-16(14,15)4-2-7/h5-7H,1-4H2. The maximum absolute atomic E-state index is 11.2. The predicted molar refractivity (Wildman–Crippen MR) is 55.8 cm³/mol. The Morgan fingerprint density at radius 2 is 2.06 bits per heavy atom. The zero-order valence-corrected chi connectivity index (χ0v) is 9.26. The summed E-state index contributed by atoms with van der Waals surface area (Å²) in [6.07, 6.45) is 3.48. The molecule has 0 unspecified atom stereocenters. The molecule has 7 nitrogen and oxygen atoms in total. The Kier molecular flexibility index (Phi) is 2.66. The van der Waals surface area contributed by atoms with Gasteiger partial charge < -0.3 is 0 Å². The molecule has 1 aromatic rings. The highest BCUT2D eigenvalue weighted by atomic mass is 32.2. The molecule has 2 heterocycles. The van der Waals surface area contributed by atoms with Crippen molar-refractivity contribution in [3.63, 3.8) is 0 Å². The molecule has 1 aliphatic heterocycles. The van der Waals surface area contributed by atoms with Crippen molar-refractivity contribution in [1.29, 1.82) is 0 Å². The van der Waals surface area contributed by atoms with Crippen molar-refractivity contribution >= 4 is 15.5 Å². The number of sulfone groups is 1. The SMILES string of the molecule is O=[N+]([O-])c1cnn(C2CCS(=O)(=O)CC2)c1. The lowest BCUT2D eigenvalue weighted by Gasteiger charge is -2.21. The lowest BCUT2D eigenvalue weighted by atomic mass is 10.2. The molecule has 0 bridgehead atoms. The number of rotatable bonds is 2.